The topological polar surface area (TPSA) is 98.5 Å². The molecular formula is C19H17BrN2O4S2. The fourth-order valence-corrected chi connectivity index (χ4v) is 4.60. The first-order valence-corrected chi connectivity index (χ1v) is 11.3. The second-order valence-corrected chi connectivity index (χ2v) is 9.74. The summed E-state index contributed by atoms with van der Waals surface area (Å²) in [6.07, 6.45) is 0. The van der Waals surface area contributed by atoms with Crippen LogP contribution in [0.4, 0.5) is 0 Å². The van der Waals surface area contributed by atoms with Crippen LogP contribution < -0.4 is 15.2 Å². The molecular weight excluding hydrogens is 464 g/mol. The van der Waals surface area contributed by atoms with E-state index >= 15 is 0 Å². The van der Waals surface area contributed by atoms with Gasteiger partial charge in [-0.05, 0) is 42.0 Å². The lowest BCUT2D eigenvalue weighted by molar-refractivity contribution is 0.0946. The molecule has 1 amide bonds. The normalized spacial score (nSPS) is 11.2. The Kier molecular flexibility index (Phi) is 6.50. The molecule has 1 aromatic heterocycles. The number of hydrogen-bond donors (Lipinski definition) is 2. The van der Waals surface area contributed by atoms with Crippen LogP contribution in [0.3, 0.4) is 0 Å². The number of thiophene rings is 1. The highest BCUT2D eigenvalue weighted by atomic mass is 79.9. The molecule has 0 unspecified atom stereocenters. The van der Waals surface area contributed by atoms with Crippen molar-refractivity contribution in [3.05, 3.63) is 81.1 Å². The lowest BCUT2D eigenvalue weighted by Crippen LogP contribution is -2.23. The number of halogens is 1. The van der Waals surface area contributed by atoms with Crippen molar-refractivity contribution in [3.8, 4) is 5.75 Å². The summed E-state index contributed by atoms with van der Waals surface area (Å²) in [4.78, 5) is 13.3. The smallest absolute Gasteiger partial charge is 0.255 e. The largest absolute Gasteiger partial charge is 0.488 e. The highest BCUT2D eigenvalue weighted by Crippen LogP contribution is 2.22. The van der Waals surface area contributed by atoms with Crippen molar-refractivity contribution in [3.63, 3.8) is 0 Å². The molecule has 0 aliphatic heterocycles. The third-order valence-electron chi connectivity index (χ3n) is 3.76. The quantitative estimate of drug-likeness (QED) is 0.538. The predicted octanol–water partition coefficient (Wildman–Crippen LogP) is 3.67. The summed E-state index contributed by atoms with van der Waals surface area (Å²) in [7, 11) is -3.73. The summed E-state index contributed by atoms with van der Waals surface area (Å²) in [5.41, 5.74) is 1.37. The number of para-hydroxylation sites is 1. The zero-order valence-corrected chi connectivity index (χ0v) is 17.8. The van der Waals surface area contributed by atoms with Gasteiger partial charge in [-0.2, -0.15) is 0 Å². The average molecular weight is 481 g/mol. The van der Waals surface area contributed by atoms with Crippen LogP contribution in [0.25, 0.3) is 0 Å². The molecule has 0 atom stereocenters. The number of amides is 1. The number of benzene rings is 2. The minimum Gasteiger partial charge on any atom is -0.488 e. The van der Waals surface area contributed by atoms with Crippen molar-refractivity contribution in [2.75, 3.05) is 0 Å². The summed E-state index contributed by atoms with van der Waals surface area (Å²) in [6, 6.07) is 17.7. The fourth-order valence-electron chi connectivity index (χ4n) is 2.44. The van der Waals surface area contributed by atoms with Crippen LogP contribution in [0, 0.1) is 0 Å². The van der Waals surface area contributed by atoms with Crippen molar-refractivity contribution in [2.24, 2.45) is 5.14 Å². The Bertz CT molecular complexity index is 1100. The van der Waals surface area contributed by atoms with Gasteiger partial charge in [0.1, 0.15) is 16.6 Å². The van der Waals surface area contributed by atoms with Crippen LogP contribution in [0.15, 0.2) is 69.3 Å². The highest BCUT2D eigenvalue weighted by Gasteiger charge is 2.14. The van der Waals surface area contributed by atoms with Crippen LogP contribution in [0.5, 0.6) is 5.75 Å². The number of carbonyl (C=O) groups excluding carboxylic acids is 1. The molecule has 0 saturated heterocycles. The molecule has 28 heavy (non-hydrogen) atoms. The summed E-state index contributed by atoms with van der Waals surface area (Å²) >= 11 is 4.45. The number of sulfonamides is 1. The molecule has 2 aromatic carbocycles. The third kappa shape index (κ3) is 5.41. The van der Waals surface area contributed by atoms with E-state index in [0.717, 1.165) is 21.4 Å². The van der Waals surface area contributed by atoms with Gasteiger partial charge >= 0.3 is 0 Å². The van der Waals surface area contributed by atoms with Gasteiger partial charge in [-0.3, -0.25) is 4.79 Å². The monoisotopic (exact) mass is 480 g/mol. The van der Waals surface area contributed by atoms with E-state index in [9.17, 15) is 13.2 Å². The van der Waals surface area contributed by atoms with Gasteiger partial charge in [-0.1, -0.05) is 40.2 Å². The summed E-state index contributed by atoms with van der Waals surface area (Å²) in [6.45, 7) is 0.519. The van der Waals surface area contributed by atoms with Crippen molar-refractivity contribution in [1.82, 2.24) is 5.32 Å². The minimum absolute atomic E-state index is 0.0644. The minimum atomic E-state index is -3.73. The number of rotatable bonds is 7. The molecule has 0 spiro atoms. The maximum absolute atomic E-state index is 12.6. The zero-order valence-electron chi connectivity index (χ0n) is 14.6. The van der Waals surface area contributed by atoms with Crippen LogP contribution in [0.2, 0.25) is 0 Å². The van der Waals surface area contributed by atoms with E-state index < -0.39 is 10.0 Å². The standard InChI is InChI=1S/C19H17BrN2O4S2/c20-14-5-3-4-13(10-14)12-26-17-7-2-1-6-16(17)19(23)22-11-15-8-9-18(27-15)28(21,24)25/h1-10H,11-12H2,(H,22,23)(H2,21,24,25). The molecule has 6 nitrogen and oxygen atoms in total. The van der Waals surface area contributed by atoms with E-state index in [2.05, 4.69) is 21.2 Å². The molecule has 3 aromatic rings. The van der Waals surface area contributed by atoms with Gasteiger partial charge in [0.15, 0.2) is 0 Å². The van der Waals surface area contributed by atoms with E-state index in [-0.39, 0.29) is 16.7 Å². The first-order valence-electron chi connectivity index (χ1n) is 8.19. The number of ether oxygens (including phenoxy) is 1. The van der Waals surface area contributed by atoms with Gasteiger partial charge in [0, 0.05) is 9.35 Å². The Balaban J connectivity index is 1.66. The molecule has 0 saturated carbocycles. The third-order valence-corrected chi connectivity index (χ3v) is 6.77. The second kappa shape index (κ2) is 8.87. The molecule has 9 heteroatoms. The van der Waals surface area contributed by atoms with Crippen LogP contribution in [0.1, 0.15) is 20.8 Å². The van der Waals surface area contributed by atoms with E-state index in [1.165, 1.54) is 6.07 Å². The zero-order chi connectivity index (χ0) is 20.1. The van der Waals surface area contributed by atoms with E-state index in [1.54, 1.807) is 30.3 Å². The van der Waals surface area contributed by atoms with E-state index in [4.69, 9.17) is 9.88 Å². The Hall–Kier alpha value is -2.20. The van der Waals surface area contributed by atoms with Crippen molar-refractivity contribution in [1.29, 1.82) is 0 Å². The maximum atomic E-state index is 12.6. The lowest BCUT2D eigenvalue weighted by Gasteiger charge is -2.12. The molecule has 3 rings (SSSR count). The summed E-state index contributed by atoms with van der Waals surface area (Å²) in [5, 5.41) is 7.88. The van der Waals surface area contributed by atoms with Gasteiger partial charge < -0.3 is 10.1 Å². The molecule has 3 N–H and O–H groups in total. The van der Waals surface area contributed by atoms with Crippen molar-refractivity contribution in [2.45, 2.75) is 17.4 Å². The first-order chi connectivity index (χ1) is 13.3. The van der Waals surface area contributed by atoms with Crippen molar-refractivity contribution >= 4 is 43.2 Å². The van der Waals surface area contributed by atoms with Gasteiger partial charge in [0.05, 0.1) is 12.1 Å². The van der Waals surface area contributed by atoms with Crippen molar-refractivity contribution < 1.29 is 17.9 Å². The Morgan fingerprint density at radius 3 is 2.61 bits per heavy atom. The summed E-state index contributed by atoms with van der Waals surface area (Å²) < 4.78 is 29.5. The van der Waals surface area contributed by atoms with Gasteiger partial charge in [-0.15, -0.1) is 11.3 Å². The molecule has 0 fully saturated rings. The maximum Gasteiger partial charge on any atom is 0.255 e. The first kappa shape index (κ1) is 20.5. The highest BCUT2D eigenvalue weighted by molar-refractivity contribution is 9.10. The lowest BCUT2D eigenvalue weighted by atomic mass is 10.2. The number of nitrogens with two attached hydrogens (primary N) is 1. The van der Waals surface area contributed by atoms with Crippen LogP contribution in [-0.2, 0) is 23.2 Å². The molecule has 0 radical (unpaired) electrons. The number of nitrogens with one attached hydrogen (secondary N) is 1. The average Bonchev–Trinajstić information content (AvgIpc) is 3.14. The fraction of sp³-hybridized carbons (Fsp3) is 0.105. The Morgan fingerprint density at radius 1 is 1.11 bits per heavy atom. The van der Waals surface area contributed by atoms with Crippen LogP contribution >= 0.6 is 27.3 Å². The van der Waals surface area contributed by atoms with Gasteiger partial charge in [0.25, 0.3) is 5.91 Å². The molecule has 0 aliphatic carbocycles. The number of primary sulfonamides is 1. The number of carbonyl (C=O) groups is 1. The SMILES string of the molecule is NS(=O)(=O)c1ccc(CNC(=O)c2ccccc2OCc2cccc(Br)c2)s1. The molecule has 0 aliphatic rings. The molecule has 1 heterocycles. The van der Waals surface area contributed by atoms with E-state index in [1.807, 2.05) is 24.3 Å². The Morgan fingerprint density at radius 2 is 1.89 bits per heavy atom. The van der Waals surface area contributed by atoms with Gasteiger partial charge in [-0.25, -0.2) is 13.6 Å². The Labute approximate surface area is 175 Å². The second-order valence-electron chi connectivity index (χ2n) is 5.86. The van der Waals surface area contributed by atoms with Crippen LogP contribution in [-0.4, -0.2) is 14.3 Å². The number of hydrogen-bond acceptors (Lipinski definition) is 5. The van der Waals surface area contributed by atoms with Gasteiger partial charge in [0.2, 0.25) is 10.0 Å². The van der Waals surface area contributed by atoms with E-state index in [0.29, 0.717) is 22.8 Å². The summed E-state index contributed by atoms with van der Waals surface area (Å²) in [5.74, 6) is 0.159. The molecule has 0 bridgehead atoms. The predicted molar refractivity (Wildman–Crippen MR) is 112 cm³/mol. The molecule has 146 valence electrons.